The van der Waals surface area contributed by atoms with Gasteiger partial charge in [0, 0.05) is 30.9 Å². The molecular formula is C19H20N6O3. The summed E-state index contributed by atoms with van der Waals surface area (Å²) in [5.74, 6) is 0.474. The second kappa shape index (κ2) is 7.26. The van der Waals surface area contributed by atoms with Crippen molar-refractivity contribution < 1.29 is 9.72 Å². The predicted molar refractivity (Wildman–Crippen MR) is 103 cm³/mol. The summed E-state index contributed by atoms with van der Waals surface area (Å²) in [7, 11) is 0. The van der Waals surface area contributed by atoms with Gasteiger partial charge in [-0.3, -0.25) is 19.3 Å². The van der Waals surface area contributed by atoms with E-state index in [9.17, 15) is 14.9 Å². The first-order valence-electron chi connectivity index (χ1n) is 9.23. The van der Waals surface area contributed by atoms with E-state index in [0.717, 1.165) is 18.5 Å². The van der Waals surface area contributed by atoms with E-state index >= 15 is 0 Å². The zero-order valence-corrected chi connectivity index (χ0v) is 15.4. The SMILES string of the molecule is CCNc1ccc(C(=O)N2CCC[C@H]2c2nnc3ccccn23)cc1[N+](=O)[O-]. The third kappa shape index (κ3) is 3.04. The molecule has 1 aliphatic heterocycles. The minimum absolute atomic E-state index is 0.101. The van der Waals surface area contributed by atoms with E-state index in [1.807, 2.05) is 35.7 Å². The van der Waals surface area contributed by atoms with Crippen LogP contribution in [0.4, 0.5) is 11.4 Å². The van der Waals surface area contributed by atoms with Gasteiger partial charge in [0.25, 0.3) is 11.6 Å². The van der Waals surface area contributed by atoms with Gasteiger partial charge < -0.3 is 10.2 Å². The molecule has 1 N–H and O–H groups in total. The van der Waals surface area contributed by atoms with Gasteiger partial charge in [0.1, 0.15) is 5.69 Å². The number of pyridine rings is 1. The molecule has 2 aromatic heterocycles. The van der Waals surface area contributed by atoms with Crippen LogP contribution in [0.5, 0.6) is 0 Å². The Kier molecular flexibility index (Phi) is 4.64. The average Bonchev–Trinajstić information content (AvgIpc) is 3.34. The zero-order valence-electron chi connectivity index (χ0n) is 15.4. The molecule has 1 atom stereocenters. The fourth-order valence-electron chi connectivity index (χ4n) is 3.69. The van der Waals surface area contributed by atoms with Crippen molar-refractivity contribution in [1.29, 1.82) is 0 Å². The standard InChI is InChI=1S/C19H20N6O3/c1-2-20-14-9-8-13(12-16(14)25(27)28)19(26)23-11-5-6-15(23)18-22-21-17-7-3-4-10-24(17)18/h3-4,7-10,12,15,20H,2,5-6,11H2,1H3/t15-/m0/s1. The van der Waals surface area contributed by atoms with E-state index in [-0.39, 0.29) is 17.6 Å². The van der Waals surface area contributed by atoms with E-state index in [0.29, 0.717) is 30.2 Å². The number of aromatic nitrogens is 3. The third-order valence-electron chi connectivity index (χ3n) is 4.96. The Morgan fingerprint density at radius 2 is 2.18 bits per heavy atom. The lowest BCUT2D eigenvalue weighted by Crippen LogP contribution is -2.31. The Morgan fingerprint density at radius 3 is 2.96 bits per heavy atom. The minimum Gasteiger partial charge on any atom is -0.380 e. The Hall–Kier alpha value is -3.49. The number of carbonyl (C=O) groups excluding carboxylic acids is 1. The molecule has 0 unspecified atom stereocenters. The molecule has 0 bridgehead atoms. The third-order valence-corrected chi connectivity index (χ3v) is 4.96. The molecule has 1 aromatic carbocycles. The lowest BCUT2D eigenvalue weighted by molar-refractivity contribution is -0.384. The first kappa shape index (κ1) is 17.9. The number of nitrogens with one attached hydrogen (secondary N) is 1. The van der Waals surface area contributed by atoms with Crippen LogP contribution in [0, 0.1) is 10.1 Å². The van der Waals surface area contributed by atoms with Crippen LogP contribution in [0.25, 0.3) is 5.65 Å². The van der Waals surface area contributed by atoms with Crippen molar-refractivity contribution >= 4 is 22.9 Å². The fraction of sp³-hybridized carbons (Fsp3) is 0.316. The lowest BCUT2D eigenvalue weighted by Gasteiger charge is -2.23. The molecule has 28 heavy (non-hydrogen) atoms. The summed E-state index contributed by atoms with van der Waals surface area (Å²) in [5, 5.41) is 22.8. The summed E-state index contributed by atoms with van der Waals surface area (Å²) in [6, 6.07) is 9.99. The van der Waals surface area contributed by atoms with E-state index < -0.39 is 4.92 Å². The van der Waals surface area contributed by atoms with Crippen molar-refractivity contribution in [1.82, 2.24) is 19.5 Å². The highest BCUT2D eigenvalue weighted by Crippen LogP contribution is 2.33. The highest BCUT2D eigenvalue weighted by atomic mass is 16.6. The van der Waals surface area contributed by atoms with Crippen LogP contribution in [0.3, 0.4) is 0 Å². The molecule has 9 nitrogen and oxygen atoms in total. The van der Waals surface area contributed by atoms with Gasteiger partial charge >= 0.3 is 0 Å². The number of carbonyl (C=O) groups is 1. The van der Waals surface area contributed by atoms with Gasteiger partial charge in [-0.2, -0.15) is 0 Å². The van der Waals surface area contributed by atoms with Gasteiger partial charge in [-0.05, 0) is 44.0 Å². The second-order valence-corrected chi connectivity index (χ2v) is 6.66. The highest BCUT2D eigenvalue weighted by Gasteiger charge is 2.34. The van der Waals surface area contributed by atoms with Crippen LogP contribution < -0.4 is 5.32 Å². The van der Waals surface area contributed by atoms with Crippen molar-refractivity contribution in [3.8, 4) is 0 Å². The van der Waals surface area contributed by atoms with Crippen molar-refractivity contribution in [2.75, 3.05) is 18.4 Å². The summed E-state index contributed by atoms with van der Waals surface area (Å²) in [6.45, 7) is 3.00. The van der Waals surface area contributed by atoms with E-state index in [2.05, 4.69) is 15.5 Å². The molecule has 1 fully saturated rings. The van der Waals surface area contributed by atoms with Crippen molar-refractivity contribution in [3.05, 3.63) is 64.1 Å². The molecular weight excluding hydrogens is 360 g/mol. The smallest absolute Gasteiger partial charge is 0.293 e. The van der Waals surface area contributed by atoms with Crippen LogP contribution >= 0.6 is 0 Å². The maximum absolute atomic E-state index is 13.2. The summed E-state index contributed by atoms with van der Waals surface area (Å²) in [4.78, 5) is 25.8. The Balaban J connectivity index is 1.67. The van der Waals surface area contributed by atoms with Crippen LogP contribution in [0.2, 0.25) is 0 Å². The van der Waals surface area contributed by atoms with Gasteiger partial charge in [0.15, 0.2) is 11.5 Å². The fourth-order valence-corrected chi connectivity index (χ4v) is 3.69. The van der Waals surface area contributed by atoms with E-state index in [1.54, 1.807) is 17.0 Å². The molecule has 1 saturated heterocycles. The molecule has 0 radical (unpaired) electrons. The zero-order chi connectivity index (χ0) is 19.7. The average molecular weight is 380 g/mol. The maximum Gasteiger partial charge on any atom is 0.293 e. The largest absolute Gasteiger partial charge is 0.380 e. The highest BCUT2D eigenvalue weighted by molar-refractivity contribution is 5.96. The quantitative estimate of drug-likeness (QED) is 0.539. The van der Waals surface area contributed by atoms with Crippen molar-refractivity contribution in [3.63, 3.8) is 0 Å². The first-order valence-corrected chi connectivity index (χ1v) is 9.23. The van der Waals surface area contributed by atoms with Gasteiger partial charge in [-0.25, -0.2) is 0 Å². The molecule has 0 saturated carbocycles. The van der Waals surface area contributed by atoms with Crippen LogP contribution in [-0.2, 0) is 0 Å². The van der Waals surface area contributed by atoms with Crippen LogP contribution in [0.1, 0.15) is 42.0 Å². The van der Waals surface area contributed by atoms with Crippen molar-refractivity contribution in [2.24, 2.45) is 0 Å². The monoisotopic (exact) mass is 380 g/mol. The topological polar surface area (TPSA) is 106 Å². The number of nitro groups is 1. The number of nitrogens with zero attached hydrogens (tertiary/aromatic N) is 5. The number of amides is 1. The number of hydrogen-bond acceptors (Lipinski definition) is 6. The summed E-state index contributed by atoms with van der Waals surface area (Å²) in [5.41, 5.74) is 1.33. The summed E-state index contributed by atoms with van der Waals surface area (Å²) >= 11 is 0. The first-order chi connectivity index (χ1) is 13.6. The Labute approximate surface area is 161 Å². The number of benzene rings is 1. The molecule has 4 rings (SSSR count). The molecule has 3 aromatic rings. The number of anilines is 1. The summed E-state index contributed by atoms with van der Waals surface area (Å²) in [6.07, 6.45) is 3.50. The van der Waals surface area contributed by atoms with Crippen LogP contribution in [-0.4, -0.2) is 43.4 Å². The van der Waals surface area contributed by atoms with Gasteiger partial charge in [0.2, 0.25) is 0 Å². The molecule has 9 heteroatoms. The Morgan fingerprint density at radius 1 is 1.32 bits per heavy atom. The van der Waals surface area contributed by atoms with Gasteiger partial charge in [-0.15, -0.1) is 10.2 Å². The second-order valence-electron chi connectivity index (χ2n) is 6.66. The van der Waals surface area contributed by atoms with E-state index in [1.165, 1.54) is 6.07 Å². The summed E-state index contributed by atoms with van der Waals surface area (Å²) < 4.78 is 1.88. The van der Waals surface area contributed by atoms with Gasteiger partial charge in [0.05, 0.1) is 11.0 Å². The number of nitro benzene ring substituents is 1. The maximum atomic E-state index is 13.2. The predicted octanol–water partition coefficient (Wildman–Crippen LogP) is 3.05. The number of fused-ring (bicyclic) bond motifs is 1. The molecule has 0 aliphatic carbocycles. The van der Waals surface area contributed by atoms with E-state index in [4.69, 9.17) is 0 Å². The number of likely N-dealkylation sites (tertiary alicyclic amines) is 1. The molecule has 1 aliphatic rings. The lowest BCUT2D eigenvalue weighted by atomic mass is 10.1. The van der Waals surface area contributed by atoms with Gasteiger partial charge in [-0.1, -0.05) is 6.07 Å². The van der Waals surface area contributed by atoms with Crippen LogP contribution in [0.15, 0.2) is 42.6 Å². The van der Waals surface area contributed by atoms with Crippen molar-refractivity contribution in [2.45, 2.75) is 25.8 Å². The number of hydrogen-bond donors (Lipinski definition) is 1. The molecule has 1 amide bonds. The minimum atomic E-state index is -0.470. The molecule has 144 valence electrons. The number of rotatable bonds is 5. The molecule has 3 heterocycles. The Bertz CT molecular complexity index is 1050. The molecule has 0 spiro atoms. The normalized spacial score (nSPS) is 16.5.